The lowest BCUT2D eigenvalue weighted by molar-refractivity contribution is 0.113. The lowest BCUT2D eigenvalue weighted by Crippen LogP contribution is -2.48. The quantitative estimate of drug-likeness (QED) is 0.314. The van der Waals surface area contributed by atoms with E-state index in [1.807, 2.05) is 29.8 Å². The number of nitrogens with zero attached hydrogens (tertiary/aromatic N) is 6. The van der Waals surface area contributed by atoms with Crippen molar-refractivity contribution < 1.29 is 4.74 Å². The maximum Gasteiger partial charge on any atom is 0.178 e. The standard InChI is InChI=1S/C31H36N6O/c1-4-38-28-17-15-27(16-18-28)30(31-32-33-34-37(31)29-24(2)10-8-11-25(29)3)36-22-20-35(21-23-36)19-9-14-26-12-6-5-7-13-26/h5-18,30H,4,19-23H2,1-3H3/b14-9+. The van der Waals surface area contributed by atoms with Crippen LogP contribution < -0.4 is 4.74 Å². The Hall–Kier alpha value is -3.81. The van der Waals surface area contributed by atoms with E-state index < -0.39 is 0 Å². The molecule has 0 N–H and O–H groups in total. The van der Waals surface area contributed by atoms with E-state index in [-0.39, 0.29) is 6.04 Å². The zero-order valence-electron chi connectivity index (χ0n) is 22.5. The Balaban J connectivity index is 1.39. The molecular formula is C31H36N6O. The fourth-order valence-corrected chi connectivity index (χ4v) is 5.21. The minimum Gasteiger partial charge on any atom is -0.494 e. The molecule has 5 rings (SSSR count). The Kier molecular flexibility index (Phi) is 8.26. The molecule has 3 aromatic carbocycles. The van der Waals surface area contributed by atoms with Gasteiger partial charge >= 0.3 is 0 Å². The highest BCUT2D eigenvalue weighted by molar-refractivity contribution is 5.49. The van der Waals surface area contributed by atoms with E-state index in [4.69, 9.17) is 4.74 Å². The molecule has 1 atom stereocenters. The molecule has 7 heteroatoms. The van der Waals surface area contributed by atoms with Crippen molar-refractivity contribution >= 4 is 6.08 Å². The Morgan fingerprint density at radius 1 is 0.868 bits per heavy atom. The molecule has 0 saturated carbocycles. The SMILES string of the molecule is CCOc1ccc(C(c2nnnn2-c2c(C)cccc2C)N2CCN(C/C=C/c3ccccc3)CC2)cc1. The van der Waals surface area contributed by atoms with E-state index in [1.54, 1.807) is 0 Å². The molecule has 1 saturated heterocycles. The van der Waals surface area contributed by atoms with Crippen molar-refractivity contribution in [2.24, 2.45) is 0 Å². The zero-order valence-corrected chi connectivity index (χ0v) is 22.5. The van der Waals surface area contributed by atoms with Crippen molar-refractivity contribution in [1.29, 1.82) is 0 Å². The molecular weight excluding hydrogens is 472 g/mol. The third kappa shape index (κ3) is 5.85. The van der Waals surface area contributed by atoms with Crippen LogP contribution in [0.1, 0.15) is 41.0 Å². The zero-order chi connectivity index (χ0) is 26.3. The summed E-state index contributed by atoms with van der Waals surface area (Å²) in [6.45, 7) is 11.6. The van der Waals surface area contributed by atoms with Gasteiger partial charge in [-0.2, -0.15) is 4.68 Å². The second-order valence-corrected chi connectivity index (χ2v) is 9.74. The minimum absolute atomic E-state index is 0.0679. The molecule has 0 spiro atoms. The fourth-order valence-electron chi connectivity index (χ4n) is 5.21. The van der Waals surface area contributed by atoms with Crippen molar-refractivity contribution in [1.82, 2.24) is 30.0 Å². The molecule has 7 nitrogen and oxygen atoms in total. The molecule has 196 valence electrons. The molecule has 1 fully saturated rings. The van der Waals surface area contributed by atoms with Crippen molar-refractivity contribution in [3.05, 3.63) is 107 Å². The molecule has 0 aliphatic carbocycles. The number of piperazine rings is 1. The topological polar surface area (TPSA) is 59.3 Å². The first kappa shape index (κ1) is 25.8. The van der Waals surface area contributed by atoms with Gasteiger partial charge in [-0.25, -0.2) is 0 Å². The Labute approximate surface area is 225 Å². The fraction of sp³-hybridized carbons (Fsp3) is 0.323. The van der Waals surface area contributed by atoms with Crippen molar-refractivity contribution in [3.8, 4) is 11.4 Å². The number of tetrazole rings is 1. The van der Waals surface area contributed by atoms with E-state index >= 15 is 0 Å². The minimum atomic E-state index is -0.0679. The molecule has 38 heavy (non-hydrogen) atoms. The Morgan fingerprint density at radius 2 is 1.58 bits per heavy atom. The third-order valence-electron chi connectivity index (χ3n) is 7.14. The largest absolute Gasteiger partial charge is 0.494 e. The summed E-state index contributed by atoms with van der Waals surface area (Å²) in [7, 11) is 0. The monoisotopic (exact) mass is 508 g/mol. The normalized spacial score (nSPS) is 15.7. The first-order chi connectivity index (χ1) is 18.6. The van der Waals surface area contributed by atoms with E-state index in [9.17, 15) is 0 Å². The summed E-state index contributed by atoms with van der Waals surface area (Å²) in [6.07, 6.45) is 4.46. The Morgan fingerprint density at radius 3 is 2.26 bits per heavy atom. The van der Waals surface area contributed by atoms with E-state index in [0.717, 1.165) is 66.7 Å². The van der Waals surface area contributed by atoms with Gasteiger partial charge < -0.3 is 4.74 Å². The lowest BCUT2D eigenvalue weighted by Gasteiger charge is -2.38. The summed E-state index contributed by atoms with van der Waals surface area (Å²) in [4.78, 5) is 5.00. The number of aryl methyl sites for hydroxylation is 2. The average Bonchev–Trinajstić information content (AvgIpc) is 3.40. The van der Waals surface area contributed by atoms with E-state index in [2.05, 4.69) is 106 Å². The van der Waals surface area contributed by atoms with Crippen molar-refractivity contribution in [3.63, 3.8) is 0 Å². The van der Waals surface area contributed by atoms with Gasteiger partial charge in [0.2, 0.25) is 0 Å². The molecule has 1 aliphatic heterocycles. The highest BCUT2D eigenvalue weighted by Gasteiger charge is 2.31. The molecule has 1 unspecified atom stereocenters. The second-order valence-electron chi connectivity index (χ2n) is 9.74. The molecule has 2 heterocycles. The molecule has 1 aromatic heterocycles. The highest BCUT2D eigenvalue weighted by atomic mass is 16.5. The number of aromatic nitrogens is 4. The molecule has 0 radical (unpaired) electrons. The van der Waals surface area contributed by atoms with Gasteiger partial charge in [-0.1, -0.05) is 72.8 Å². The highest BCUT2D eigenvalue weighted by Crippen LogP contribution is 2.32. The van der Waals surface area contributed by atoms with Crippen LogP contribution in [0.3, 0.4) is 0 Å². The number of benzene rings is 3. The molecule has 0 amide bonds. The first-order valence-corrected chi connectivity index (χ1v) is 13.4. The third-order valence-corrected chi connectivity index (χ3v) is 7.14. The Bertz CT molecular complexity index is 1320. The summed E-state index contributed by atoms with van der Waals surface area (Å²) in [5, 5.41) is 13.2. The maximum absolute atomic E-state index is 5.71. The lowest BCUT2D eigenvalue weighted by atomic mass is 10.0. The predicted octanol–water partition coefficient (Wildman–Crippen LogP) is 5.10. The van der Waals surface area contributed by atoms with Crippen LogP contribution in [0.25, 0.3) is 11.8 Å². The number of ether oxygens (including phenoxy) is 1. The van der Waals surface area contributed by atoms with Crippen LogP contribution >= 0.6 is 0 Å². The molecule has 1 aliphatic rings. The summed E-state index contributed by atoms with van der Waals surface area (Å²) < 4.78 is 7.64. The van der Waals surface area contributed by atoms with E-state index in [0.29, 0.717) is 6.61 Å². The van der Waals surface area contributed by atoms with Gasteiger partial charge in [-0.05, 0) is 65.6 Å². The number of para-hydroxylation sites is 1. The summed E-state index contributed by atoms with van der Waals surface area (Å²) in [6, 6.07) is 25.1. The van der Waals surface area contributed by atoms with Crippen LogP contribution in [-0.2, 0) is 0 Å². The smallest absolute Gasteiger partial charge is 0.178 e. The second kappa shape index (κ2) is 12.2. The van der Waals surface area contributed by atoms with Crippen LogP contribution in [0.4, 0.5) is 0 Å². The maximum atomic E-state index is 5.71. The number of hydrogen-bond acceptors (Lipinski definition) is 6. The van der Waals surface area contributed by atoms with Gasteiger partial charge in [-0.3, -0.25) is 9.80 Å². The van der Waals surface area contributed by atoms with Gasteiger partial charge in [-0.15, -0.1) is 5.10 Å². The van der Waals surface area contributed by atoms with Crippen molar-refractivity contribution in [2.45, 2.75) is 26.8 Å². The van der Waals surface area contributed by atoms with Gasteiger partial charge in [0, 0.05) is 32.7 Å². The first-order valence-electron chi connectivity index (χ1n) is 13.4. The van der Waals surface area contributed by atoms with Gasteiger partial charge in [0.25, 0.3) is 0 Å². The van der Waals surface area contributed by atoms with Crippen LogP contribution in [0, 0.1) is 13.8 Å². The average molecular weight is 509 g/mol. The van der Waals surface area contributed by atoms with Crippen LogP contribution in [0.15, 0.2) is 78.9 Å². The number of hydrogen-bond donors (Lipinski definition) is 0. The predicted molar refractivity (Wildman–Crippen MR) is 152 cm³/mol. The summed E-state index contributed by atoms with van der Waals surface area (Å²) in [5.41, 5.74) is 5.75. The molecule has 4 aromatic rings. The summed E-state index contributed by atoms with van der Waals surface area (Å²) in [5.74, 6) is 1.71. The number of rotatable bonds is 9. The van der Waals surface area contributed by atoms with Gasteiger partial charge in [0.05, 0.1) is 18.3 Å². The van der Waals surface area contributed by atoms with Crippen LogP contribution in [0.5, 0.6) is 5.75 Å². The summed E-state index contributed by atoms with van der Waals surface area (Å²) >= 11 is 0. The van der Waals surface area contributed by atoms with Crippen molar-refractivity contribution in [2.75, 3.05) is 39.3 Å². The van der Waals surface area contributed by atoms with E-state index in [1.165, 1.54) is 5.56 Å². The van der Waals surface area contributed by atoms with Gasteiger partial charge in [0.1, 0.15) is 5.75 Å². The van der Waals surface area contributed by atoms with Gasteiger partial charge in [0.15, 0.2) is 5.82 Å². The van der Waals surface area contributed by atoms with Crippen LogP contribution in [-0.4, -0.2) is 69.3 Å². The molecule has 0 bridgehead atoms. The van der Waals surface area contributed by atoms with Crippen LogP contribution in [0.2, 0.25) is 0 Å².